The Kier molecular flexibility index (Phi) is 4.65. The Morgan fingerprint density at radius 2 is 2.38 bits per heavy atom. The highest BCUT2D eigenvalue weighted by atomic mass is 16.5. The van der Waals surface area contributed by atoms with Crippen LogP contribution < -0.4 is 4.90 Å². The van der Waals surface area contributed by atoms with Gasteiger partial charge in [0.15, 0.2) is 5.82 Å². The predicted octanol–water partition coefficient (Wildman–Crippen LogP) is 0.647. The minimum absolute atomic E-state index is 0.160. The Hall–Kier alpha value is -1.69. The number of methoxy groups -OCH3 is 1. The predicted molar refractivity (Wildman–Crippen MR) is 58.8 cm³/mol. The second-order valence-electron chi connectivity index (χ2n) is 3.15. The Labute approximate surface area is 93.9 Å². The van der Waals surface area contributed by atoms with E-state index >= 15 is 0 Å². The molecule has 88 valence electrons. The number of anilines is 1. The van der Waals surface area contributed by atoms with Crippen molar-refractivity contribution in [3.63, 3.8) is 0 Å². The molecular weight excluding hydrogens is 210 g/mol. The molecule has 0 aromatic carbocycles. The van der Waals surface area contributed by atoms with E-state index in [1.165, 1.54) is 12.3 Å². The summed E-state index contributed by atoms with van der Waals surface area (Å²) in [6, 6.07) is 1.44. The highest BCUT2D eigenvalue weighted by Crippen LogP contribution is 2.15. The van der Waals surface area contributed by atoms with Crippen molar-refractivity contribution in [2.24, 2.45) is 0 Å². The Morgan fingerprint density at radius 1 is 1.62 bits per heavy atom. The van der Waals surface area contributed by atoms with Crippen LogP contribution >= 0.6 is 0 Å². The number of rotatable bonds is 6. The van der Waals surface area contributed by atoms with Crippen molar-refractivity contribution < 1.29 is 14.6 Å². The summed E-state index contributed by atoms with van der Waals surface area (Å²) < 4.78 is 4.96. The van der Waals surface area contributed by atoms with Gasteiger partial charge in [-0.1, -0.05) is 0 Å². The third kappa shape index (κ3) is 2.90. The van der Waals surface area contributed by atoms with Gasteiger partial charge in [-0.3, -0.25) is 0 Å². The standard InChI is InChI=1S/C10H15N3O3/c1-3-13(6-7-16-2)9-8(10(14)15)4-5-11-12-9/h4-5H,3,6-7H2,1-2H3,(H,14,15). The lowest BCUT2D eigenvalue weighted by molar-refractivity contribution is 0.0696. The van der Waals surface area contributed by atoms with Gasteiger partial charge in [-0.05, 0) is 13.0 Å². The smallest absolute Gasteiger partial charge is 0.339 e. The molecule has 6 heteroatoms. The van der Waals surface area contributed by atoms with Crippen LogP contribution in [0.1, 0.15) is 17.3 Å². The number of aromatic carboxylic acids is 1. The normalized spacial score (nSPS) is 10.1. The van der Waals surface area contributed by atoms with Crippen LogP contribution in [0.5, 0.6) is 0 Å². The van der Waals surface area contributed by atoms with Crippen molar-refractivity contribution in [2.75, 3.05) is 31.7 Å². The van der Waals surface area contributed by atoms with Gasteiger partial charge in [-0.15, -0.1) is 5.10 Å². The number of carboxylic acid groups (broad SMARTS) is 1. The van der Waals surface area contributed by atoms with Crippen LogP contribution in [0.3, 0.4) is 0 Å². The third-order valence-electron chi connectivity index (χ3n) is 2.18. The fourth-order valence-corrected chi connectivity index (χ4v) is 1.34. The molecule has 0 radical (unpaired) electrons. The summed E-state index contributed by atoms with van der Waals surface area (Å²) in [6.45, 7) is 3.69. The summed E-state index contributed by atoms with van der Waals surface area (Å²) in [6.07, 6.45) is 1.37. The van der Waals surface area contributed by atoms with Crippen LogP contribution in [-0.4, -0.2) is 48.1 Å². The summed E-state index contributed by atoms with van der Waals surface area (Å²) in [5.74, 6) is -0.615. The van der Waals surface area contributed by atoms with Gasteiger partial charge in [0.05, 0.1) is 12.8 Å². The van der Waals surface area contributed by atoms with Gasteiger partial charge in [0.2, 0.25) is 0 Å². The quantitative estimate of drug-likeness (QED) is 0.766. The average molecular weight is 225 g/mol. The van der Waals surface area contributed by atoms with Crippen molar-refractivity contribution in [3.8, 4) is 0 Å². The van der Waals surface area contributed by atoms with Crippen molar-refractivity contribution >= 4 is 11.8 Å². The van der Waals surface area contributed by atoms with E-state index in [-0.39, 0.29) is 5.56 Å². The van der Waals surface area contributed by atoms with E-state index in [2.05, 4.69) is 10.2 Å². The van der Waals surface area contributed by atoms with Gasteiger partial charge >= 0.3 is 5.97 Å². The lowest BCUT2D eigenvalue weighted by atomic mass is 10.2. The van der Waals surface area contributed by atoms with Crippen LogP contribution in [-0.2, 0) is 4.74 Å². The van der Waals surface area contributed by atoms with E-state index in [0.29, 0.717) is 25.5 Å². The molecule has 0 fully saturated rings. The second-order valence-corrected chi connectivity index (χ2v) is 3.15. The summed E-state index contributed by atoms with van der Waals surface area (Å²) in [7, 11) is 1.60. The molecule has 0 aliphatic heterocycles. The van der Waals surface area contributed by atoms with Crippen LogP contribution in [0.15, 0.2) is 12.3 Å². The van der Waals surface area contributed by atoms with Crippen LogP contribution in [0.25, 0.3) is 0 Å². The topological polar surface area (TPSA) is 75.5 Å². The third-order valence-corrected chi connectivity index (χ3v) is 2.18. The molecular formula is C10H15N3O3. The molecule has 0 amide bonds. The molecule has 0 spiro atoms. The van der Waals surface area contributed by atoms with E-state index in [1.807, 2.05) is 11.8 Å². The summed E-state index contributed by atoms with van der Waals surface area (Å²) in [4.78, 5) is 12.8. The monoisotopic (exact) mass is 225 g/mol. The Bertz CT molecular complexity index is 357. The largest absolute Gasteiger partial charge is 0.478 e. The summed E-state index contributed by atoms with van der Waals surface area (Å²) >= 11 is 0. The number of nitrogens with zero attached hydrogens (tertiary/aromatic N) is 3. The number of carbonyl (C=O) groups is 1. The van der Waals surface area contributed by atoms with Crippen LogP contribution in [0.4, 0.5) is 5.82 Å². The van der Waals surface area contributed by atoms with Gasteiger partial charge in [-0.2, -0.15) is 5.10 Å². The molecule has 0 aliphatic rings. The maximum absolute atomic E-state index is 11.0. The minimum atomic E-state index is -0.999. The van der Waals surface area contributed by atoms with E-state index in [4.69, 9.17) is 9.84 Å². The average Bonchev–Trinajstić information content (AvgIpc) is 2.30. The molecule has 0 atom stereocenters. The number of ether oxygens (including phenoxy) is 1. The molecule has 1 aromatic rings. The molecule has 1 aromatic heterocycles. The molecule has 1 rings (SSSR count). The van der Waals surface area contributed by atoms with E-state index in [0.717, 1.165) is 0 Å². The van der Waals surface area contributed by atoms with Crippen molar-refractivity contribution in [1.82, 2.24) is 10.2 Å². The highest BCUT2D eigenvalue weighted by Gasteiger charge is 2.16. The first-order valence-corrected chi connectivity index (χ1v) is 4.99. The molecule has 1 N–H and O–H groups in total. The number of hydrogen-bond donors (Lipinski definition) is 1. The second kappa shape index (κ2) is 6.02. The SMILES string of the molecule is CCN(CCOC)c1nnccc1C(=O)O. The first-order valence-electron chi connectivity index (χ1n) is 4.99. The fourth-order valence-electron chi connectivity index (χ4n) is 1.34. The molecule has 0 unspecified atom stereocenters. The molecule has 1 heterocycles. The number of likely N-dealkylation sites (N-methyl/N-ethyl adjacent to an activating group) is 1. The van der Waals surface area contributed by atoms with E-state index in [1.54, 1.807) is 7.11 Å². The van der Waals surface area contributed by atoms with Crippen molar-refractivity contribution in [1.29, 1.82) is 0 Å². The summed E-state index contributed by atoms with van der Waals surface area (Å²) in [5.41, 5.74) is 0.160. The van der Waals surface area contributed by atoms with Gasteiger partial charge in [-0.25, -0.2) is 4.79 Å². The van der Waals surface area contributed by atoms with Crippen LogP contribution in [0.2, 0.25) is 0 Å². The molecule has 0 aliphatic carbocycles. The van der Waals surface area contributed by atoms with Gasteiger partial charge in [0.25, 0.3) is 0 Å². The maximum atomic E-state index is 11.0. The lowest BCUT2D eigenvalue weighted by Gasteiger charge is -2.21. The minimum Gasteiger partial charge on any atom is -0.478 e. The summed E-state index contributed by atoms with van der Waals surface area (Å²) in [5, 5.41) is 16.6. The number of carboxylic acids is 1. The molecule has 16 heavy (non-hydrogen) atoms. The number of hydrogen-bond acceptors (Lipinski definition) is 5. The van der Waals surface area contributed by atoms with Gasteiger partial charge in [0.1, 0.15) is 5.56 Å². The fraction of sp³-hybridized carbons (Fsp3) is 0.500. The molecule has 0 saturated carbocycles. The molecule has 6 nitrogen and oxygen atoms in total. The Balaban J connectivity index is 2.94. The zero-order chi connectivity index (χ0) is 12.0. The zero-order valence-electron chi connectivity index (χ0n) is 9.38. The van der Waals surface area contributed by atoms with Crippen molar-refractivity contribution in [2.45, 2.75) is 6.92 Å². The molecule has 0 saturated heterocycles. The maximum Gasteiger partial charge on any atom is 0.339 e. The van der Waals surface area contributed by atoms with Gasteiger partial charge < -0.3 is 14.7 Å². The highest BCUT2D eigenvalue weighted by molar-refractivity contribution is 5.93. The van der Waals surface area contributed by atoms with Crippen molar-refractivity contribution in [3.05, 3.63) is 17.8 Å². The lowest BCUT2D eigenvalue weighted by Crippen LogP contribution is -2.29. The zero-order valence-corrected chi connectivity index (χ0v) is 9.38. The molecule has 0 bridgehead atoms. The first-order chi connectivity index (χ1) is 7.70. The van der Waals surface area contributed by atoms with Crippen LogP contribution in [0, 0.1) is 0 Å². The van der Waals surface area contributed by atoms with E-state index < -0.39 is 5.97 Å². The van der Waals surface area contributed by atoms with Gasteiger partial charge in [0, 0.05) is 20.2 Å². The first kappa shape index (κ1) is 12.4. The van der Waals surface area contributed by atoms with E-state index in [9.17, 15) is 4.79 Å². The Morgan fingerprint density at radius 3 is 2.94 bits per heavy atom. The number of aromatic nitrogens is 2.